The Bertz CT molecular complexity index is 303. The van der Waals surface area contributed by atoms with Crippen molar-refractivity contribution in [2.75, 3.05) is 0 Å². The number of hydrogen-bond donors (Lipinski definition) is 1. The number of alkyl halides is 1. The number of carboxylic acid groups (broad SMARTS) is 1. The van der Waals surface area contributed by atoms with Crippen LogP contribution in [-0.4, -0.2) is 28.0 Å². The highest BCUT2D eigenvalue weighted by molar-refractivity contribution is 9.09. The van der Waals surface area contributed by atoms with E-state index < -0.39 is 17.3 Å². The summed E-state index contributed by atoms with van der Waals surface area (Å²) in [5.74, 6) is -1.90. The number of esters is 1. The number of ether oxygens (including phenoxy) is 1. The minimum Gasteiger partial charge on any atom is -0.481 e. The average Bonchev–Trinajstić information content (AvgIpc) is 2.34. The standard InChI is InChI=1S/C9H11BrO4/c1-9-3-6(14-8(9)13)5(10)2-4(9)7(11)12/h4-6H,2-3H2,1H3,(H,11,12)/t4-,5-,6+,9-/m1/s1. The second kappa shape index (κ2) is 2.95. The molecule has 1 aliphatic carbocycles. The van der Waals surface area contributed by atoms with Crippen LogP contribution in [0, 0.1) is 11.3 Å². The lowest BCUT2D eigenvalue weighted by Gasteiger charge is -2.32. The van der Waals surface area contributed by atoms with Crippen LogP contribution in [-0.2, 0) is 14.3 Å². The van der Waals surface area contributed by atoms with Crippen LogP contribution >= 0.6 is 15.9 Å². The van der Waals surface area contributed by atoms with Gasteiger partial charge in [-0.25, -0.2) is 0 Å². The lowest BCUT2D eigenvalue weighted by Crippen LogP contribution is -2.42. The van der Waals surface area contributed by atoms with Gasteiger partial charge in [0.15, 0.2) is 0 Å². The fraction of sp³-hybridized carbons (Fsp3) is 0.778. The molecule has 0 amide bonds. The number of halogens is 1. The van der Waals surface area contributed by atoms with Crippen LogP contribution in [0.1, 0.15) is 19.8 Å². The summed E-state index contributed by atoms with van der Waals surface area (Å²) < 4.78 is 5.13. The van der Waals surface area contributed by atoms with Crippen molar-refractivity contribution >= 4 is 27.9 Å². The molecule has 4 atom stereocenters. The van der Waals surface area contributed by atoms with Crippen molar-refractivity contribution in [3.63, 3.8) is 0 Å². The Morgan fingerprint density at radius 2 is 2.36 bits per heavy atom. The zero-order valence-electron chi connectivity index (χ0n) is 7.70. The molecular weight excluding hydrogens is 252 g/mol. The predicted octanol–water partition coefficient (Wildman–Crippen LogP) is 1.18. The van der Waals surface area contributed by atoms with Crippen molar-refractivity contribution in [3.8, 4) is 0 Å². The van der Waals surface area contributed by atoms with Gasteiger partial charge in [0.25, 0.3) is 0 Å². The van der Waals surface area contributed by atoms with Crippen LogP contribution in [0.4, 0.5) is 0 Å². The molecule has 2 fully saturated rings. The highest BCUT2D eigenvalue weighted by Crippen LogP contribution is 2.50. The fourth-order valence-electron chi connectivity index (χ4n) is 2.31. The lowest BCUT2D eigenvalue weighted by molar-refractivity contribution is -0.156. The number of aliphatic carboxylic acids is 1. The summed E-state index contributed by atoms with van der Waals surface area (Å²) >= 11 is 3.36. The van der Waals surface area contributed by atoms with E-state index in [-0.39, 0.29) is 16.9 Å². The Labute approximate surface area is 89.7 Å². The number of hydrogen-bond acceptors (Lipinski definition) is 3. The summed E-state index contributed by atoms with van der Waals surface area (Å²) in [7, 11) is 0. The van der Waals surface area contributed by atoms with Gasteiger partial charge >= 0.3 is 11.9 Å². The Hall–Kier alpha value is -0.580. The summed E-state index contributed by atoms with van der Waals surface area (Å²) in [6.07, 6.45) is 0.823. The van der Waals surface area contributed by atoms with Crippen LogP contribution in [0.25, 0.3) is 0 Å². The molecule has 0 radical (unpaired) electrons. The third-order valence-corrected chi connectivity index (χ3v) is 4.24. The number of carboxylic acids is 1. The molecule has 1 saturated carbocycles. The van der Waals surface area contributed by atoms with Crippen LogP contribution in [0.15, 0.2) is 0 Å². The molecule has 0 unspecified atom stereocenters. The van der Waals surface area contributed by atoms with E-state index in [1.165, 1.54) is 0 Å². The smallest absolute Gasteiger partial charge is 0.313 e. The van der Waals surface area contributed by atoms with Gasteiger partial charge in [0, 0.05) is 6.42 Å². The SMILES string of the molecule is C[C@]12C[C@H](OC1=O)[C@H](Br)C[C@@H]2C(=O)O. The maximum absolute atomic E-state index is 11.5. The number of rotatable bonds is 1. The Morgan fingerprint density at radius 1 is 1.71 bits per heavy atom. The van der Waals surface area contributed by atoms with Crippen molar-refractivity contribution in [1.82, 2.24) is 0 Å². The van der Waals surface area contributed by atoms with Gasteiger partial charge in [0.2, 0.25) is 0 Å². The average molecular weight is 263 g/mol. The van der Waals surface area contributed by atoms with Crippen LogP contribution < -0.4 is 0 Å². The largest absolute Gasteiger partial charge is 0.481 e. The van der Waals surface area contributed by atoms with E-state index in [0.29, 0.717) is 12.8 Å². The molecule has 4 nitrogen and oxygen atoms in total. The number of fused-ring (bicyclic) bond motifs is 2. The summed E-state index contributed by atoms with van der Waals surface area (Å²) in [6.45, 7) is 1.69. The molecule has 5 heteroatoms. The van der Waals surface area contributed by atoms with Gasteiger partial charge in [0.1, 0.15) is 6.10 Å². The Balaban J connectivity index is 2.35. The molecule has 14 heavy (non-hydrogen) atoms. The van der Waals surface area contributed by atoms with E-state index in [4.69, 9.17) is 9.84 Å². The summed E-state index contributed by atoms with van der Waals surface area (Å²) in [4.78, 5) is 22.5. The zero-order chi connectivity index (χ0) is 10.5. The topological polar surface area (TPSA) is 63.6 Å². The second-order valence-electron chi connectivity index (χ2n) is 4.21. The quantitative estimate of drug-likeness (QED) is 0.570. The van der Waals surface area contributed by atoms with Crippen molar-refractivity contribution in [2.24, 2.45) is 11.3 Å². The molecule has 1 N–H and O–H groups in total. The summed E-state index contributed by atoms with van der Waals surface area (Å²) in [5.41, 5.74) is -0.819. The monoisotopic (exact) mass is 262 g/mol. The second-order valence-corrected chi connectivity index (χ2v) is 5.38. The highest BCUT2D eigenvalue weighted by Gasteiger charge is 2.59. The number of carbonyl (C=O) groups is 2. The molecule has 2 aliphatic rings. The minimum atomic E-state index is -0.908. The predicted molar refractivity (Wildman–Crippen MR) is 51.1 cm³/mol. The Kier molecular flexibility index (Phi) is 2.10. The van der Waals surface area contributed by atoms with E-state index in [0.717, 1.165) is 0 Å². The van der Waals surface area contributed by atoms with E-state index >= 15 is 0 Å². The van der Waals surface area contributed by atoms with Crippen molar-refractivity contribution in [1.29, 1.82) is 0 Å². The lowest BCUT2D eigenvalue weighted by atomic mass is 9.68. The van der Waals surface area contributed by atoms with E-state index in [1.807, 2.05) is 0 Å². The summed E-state index contributed by atoms with van der Waals surface area (Å²) in [6, 6.07) is 0. The molecule has 2 bridgehead atoms. The van der Waals surface area contributed by atoms with E-state index in [2.05, 4.69) is 15.9 Å². The van der Waals surface area contributed by atoms with Crippen LogP contribution in [0.5, 0.6) is 0 Å². The van der Waals surface area contributed by atoms with Gasteiger partial charge in [-0.05, 0) is 13.3 Å². The molecular formula is C9H11BrO4. The van der Waals surface area contributed by atoms with Crippen molar-refractivity contribution in [3.05, 3.63) is 0 Å². The first kappa shape index (κ1) is 9.96. The molecule has 1 aliphatic heterocycles. The fourth-order valence-corrected chi connectivity index (χ4v) is 2.98. The third kappa shape index (κ3) is 1.18. The maximum Gasteiger partial charge on any atom is 0.313 e. The molecule has 78 valence electrons. The van der Waals surface area contributed by atoms with E-state index in [1.54, 1.807) is 6.92 Å². The van der Waals surface area contributed by atoms with Gasteiger partial charge in [0.05, 0.1) is 16.2 Å². The molecule has 0 aromatic heterocycles. The highest BCUT2D eigenvalue weighted by atomic mass is 79.9. The molecule has 0 spiro atoms. The van der Waals surface area contributed by atoms with Gasteiger partial charge in [-0.3, -0.25) is 9.59 Å². The normalized spacial score (nSPS) is 46.1. The van der Waals surface area contributed by atoms with Gasteiger partial charge in [-0.1, -0.05) is 15.9 Å². The van der Waals surface area contributed by atoms with Crippen molar-refractivity contribution in [2.45, 2.75) is 30.7 Å². The molecule has 1 saturated heterocycles. The number of carbonyl (C=O) groups excluding carboxylic acids is 1. The molecule has 1 heterocycles. The van der Waals surface area contributed by atoms with Crippen LogP contribution in [0.3, 0.4) is 0 Å². The van der Waals surface area contributed by atoms with Gasteiger partial charge in [-0.2, -0.15) is 0 Å². The van der Waals surface area contributed by atoms with Gasteiger partial charge < -0.3 is 9.84 Å². The molecule has 2 rings (SSSR count). The van der Waals surface area contributed by atoms with Crippen molar-refractivity contribution < 1.29 is 19.4 Å². The zero-order valence-corrected chi connectivity index (χ0v) is 9.28. The van der Waals surface area contributed by atoms with E-state index in [9.17, 15) is 9.59 Å². The minimum absolute atomic E-state index is 0.0249. The van der Waals surface area contributed by atoms with Crippen LogP contribution in [0.2, 0.25) is 0 Å². The Morgan fingerprint density at radius 3 is 2.93 bits per heavy atom. The third-order valence-electron chi connectivity index (χ3n) is 3.28. The molecule has 0 aromatic carbocycles. The first-order valence-electron chi connectivity index (χ1n) is 4.53. The van der Waals surface area contributed by atoms with Gasteiger partial charge in [-0.15, -0.1) is 0 Å². The molecule has 0 aromatic rings. The first-order valence-corrected chi connectivity index (χ1v) is 5.44. The first-order chi connectivity index (χ1) is 6.45. The summed E-state index contributed by atoms with van der Waals surface area (Å²) in [5, 5.41) is 9.03. The maximum atomic E-state index is 11.5.